The molecule has 0 atom stereocenters. The number of ether oxygens (including phenoxy) is 2. The molecule has 2 heterocycles. The number of aromatic nitrogens is 3. The van der Waals surface area contributed by atoms with Crippen LogP contribution in [0.5, 0.6) is 11.5 Å². The van der Waals surface area contributed by atoms with Gasteiger partial charge in [-0.05, 0) is 42.3 Å². The maximum Gasteiger partial charge on any atom is 0.291 e. The van der Waals surface area contributed by atoms with Crippen LogP contribution in [0, 0.1) is 0 Å². The third-order valence-electron chi connectivity index (χ3n) is 4.18. The number of nitrogens with zero attached hydrogens (tertiary/aromatic N) is 3. The van der Waals surface area contributed by atoms with Crippen LogP contribution in [0.15, 0.2) is 53.3 Å². The van der Waals surface area contributed by atoms with Crippen molar-refractivity contribution in [1.82, 2.24) is 14.6 Å². The molecular weight excluding hydrogens is 374 g/mol. The summed E-state index contributed by atoms with van der Waals surface area (Å²) in [6.45, 7) is 2.76. The lowest BCUT2D eigenvalue weighted by Gasteiger charge is -2.03. The fourth-order valence-corrected chi connectivity index (χ4v) is 3.72. The van der Waals surface area contributed by atoms with E-state index in [0.29, 0.717) is 27.7 Å². The Balaban J connectivity index is 1.68. The van der Waals surface area contributed by atoms with Gasteiger partial charge in [0.05, 0.1) is 23.8 Å². The summed E-state index contributed by atoms with van der Waals surface area (Å²) in [7, 11) is 1.60. The van der Waals surface area contributed by atoms with E-state index in [9.17, 15) is 4.79 Å². The number of rotatable bonds is 6. The highest BCUT2D eigenvalue weighted by molar-refractivity contribution is 7.15. The van der Waals surface area contributed by atoms with E-state index in [2.05, 4.69) is 17.0 Å². The molecule has 0 fully saturated rings. The van der Waals surface area contributed by atoms with Gasteiger partial charge in [-0.3, -0.25) is 4.79 Å². The van der Waals surface area contributed by atoms with Crippen molar-refractivity contribution >= 4 is 22.4 Å². The number of hydrogen-bond acceptors (Lipinski definition) is 6. The Hall–Kier alpha value is -3.19. The lowest BCUT2D eigenvalue weighted by molar-refractivity contribution is 0.317. The summed E-state index contributed by atoms with van der Waals surface area (Å²) in [5.74, 6) is 1.97. The van der Waals surface area contributed by atoms with Crippen LogP contribution in [0.1, 0.15) is 18.9 Å². The van der Waals surface area contributed by atoms with Gasteiger partial charge in [-0.15, -0.1) is 5.10 Å². The van der Waals surface area contributed by atoms with Crippen LogP contribution in [-0.2, 0) is 0 Å². The number of methoxy groups -OCH3 is 1. The number of hydrogen-bond donors (Lipinski definition) is 0. The molecule has 0 unspecified atom stereocenters. The minimum atomic E-state index is -0.181. The maximum absolute atomic E-state index is 12.7. The van der Waals surface area contributed by atoms with Gasteiger partial charge in [-0.25, -0.2) is 0 Å². The van der Waals surface area contributed by atoms with Crippen molar-refractivity contribution in [3.63, 3.8) is 0 Å². The number of benzene rings is 2. The first kappa shape index (κ1) is 18.2. The molecule has 0 saturated heterocycles. The molecule has 4 aromatic rings. The molecule has 0 aliphatic rings. The predicted molar refractivity (Wildman–Crippen MR) is 110 cm³/mol. The smallest absolute Gasteiger partial charge is 0.291 e. The molecule has 2 aromatic carbocycles. The second kappa shape index (κ2) is 7.82. The topological polar surface area (TPSA) is 65.7 Å². The van der Waals surface area contributed by atoms with Crippen molar-refractivity contribution in [2.75, 3.05) is 13.7 Å². The highest BCUT2D eigenvalue weighted by Crippen LogP contribution is 2.27. The van der Waals surface area contributed by atoms with Crippen LogP contribution in [-0.4, -0.2) is 28.3 Å². The fraction of sp³-hybridized carbons (Fsp3) is 0.190. The Morgan fingerprint density at radius 2 is 1.93 bits per heavy atom. The van der Waals surface area contributed by atoms with Crippen LogP contribution < -0.4 is 19.6 Å². The zero-order valence-electron chi connectivity index (χ0n) is 15.6. The molecule has 2 aromatic heterocycles. The van der Waals surface area contributed by atoms with Gasteiger partial charge in [0.2, 0.25) is 4.96 Å². The third-order valence-corrected chi connectivity index (χ3v) is 5.14. The van der Waals surface area contributed by atoms with E-state index in [1.807, 2.05) is 54.6 Å². The summed E-state index contributed by atoms with van der Waals surface area (Å²) in [5.41, 5.74) is 1.50. The Kier molecular flexibility index (Phi) is 5.08. The van der Waals surface area contributed by atoms with Crippen LogP contribution in [0.4, 0.5) is 0 Å². The lowest BCUT2D eigenvalue weighted by Crippen LogP contribution is -2.23. The third kappa shape index (κ3) is 3.48. The molecular formula is C21H19N3O3S. The summed E-state index contributed by atoms with van der Waals surface area (Å²) >= 11 is 1.31. The SMILES string of the molecule is CCCOc1ccc(/C=c2\sc3nc(-c4ccccc4OC)nn3c2=O)cc1. The minimum Gasteiger partial charge on any atom is -0.496 e. The van der Waals surface area contributed by atoms with E-state index in [0.717, 1.165) is 23.3 Å². The van der Waals surface area contributed by atoms with Gasteiger partial charge in [0.15, 0.2) is 5.82 Å². The quantitative estimate of drug-likeness (QED) is 0.503. The molecule has 0 bridgehead atoms. The van der Waals surface area contributed by atoms with Crippen molar-refractivity contribution in [2.45, 2.75) is 13.3 Å². The van der Waals surface area contributed by atoms with Gasteiger partial charge in [-0.2, -0.15) is 9.50 Å². The first-order chi connectivity index (χ1) is 13.7. The molecule has 7 heteroatoms. The number of fused-ring (bicyclic) bond motifs is 1. The summed E-state index contributed by atoms with van der Waals surface area (Å²) in [6, 6.07) is 15.2. The second-order valence-corrected chi connectivity index (χ2v) is 7.17. The van der Waals surface area contributed by atoms with Gasteiger partial charge in [-0.1, -0.05) is 42.5 Å². The maximum atomic E-state index is 12.7. The van der Waals surface area contributed by atoms with Crippen molar-refractivity contribution in [3.05, 3.63) is 69.0 Å². The van der Waals surface area contributed by atoms with Gasteiger partial charge >= 0.3 is 0 Å². The van der Waals surface area contributed by atoms with Gasteiger partial charge < -0.3 is 9.47 Å². The van der Waals surface area contributed by atoms with E-state index in [1.54, 1.807) is 7.11 Å². The highest BCUT2D eigenvalue weighted by Gasteiger charge is 2.14. The molecule has 0 saturated carbocycles. The van der Waals surface area contributed by atoms with Crippen molar-refractivity contribution in [1.29, 1.82) is 0 Å². The first-order valence-corrected chi connectivity index (χ1v) is 9.79. The van der Waals surface area contributed by atoms with Crippen molar-refractivity contribution < 1.29 is 9.47 Å². The largest absolute Gasteiger partial charge is 0.496 e. The monoisotopic (exact) mass is 393 g/mol. The van der Waals surface area contributed by atoms with Crippen LogP contribution >= 0.6 is 11.3 Å². The zero-order valence-corrected chi connectivity index (χ0v) is 16.4. The molecule has 0 amide bonds. The second-order valence-electron chi connectivity index (χ2n) is 6.16. The van der Waals surface area contributed by atoms with E-state index in [-0.39, 0.29) is 5.56 Å². The standard InChI is InChI=1S/C21H19N3O3S/c1-3-12-27-15-10-8-14(9-11-15)13-18-20(25)24-21(28-18)22-19(23-24)16-6-4-5-7-17(16)26-2/h4-11,13H,3,12H2,1-2H3/b18-13-. The van der Waals surface area contributed by atoms with Gasteiger partial charge in [0, 0.05) is 0 Å². The van der Waals surface area contributed by atoms with Gasteiger partial charge in [0.25, 0.3) is 5.56 Å². The van der Waals surface area contributed by atoms with E-state index >= 15 is 0 Å². The Labute approximate surface area is 165 Å². The normalized spacial score (nSPS) is 11.9. The Bertz CT molecular complexity index is 1210. The molecule has 0 aliphatic carbocycles. The lowest BCUT2D eigenvalue weighted by atomic mass is 10.2. The molecule has 0 spiro atoms. The summed E-state index contributed by atoms with van der Waals surface area (Å²) in [6.07, 6.45) is 2.81. The Morgan fingerprint density at radius 1 is 1.14 bits per heavy atom. The number of para-hydroxylation sites is 1. The highest BCUT2D eigenvalue weighted by atomic mass is 32.1. The Morgan fingerprint density at radius 3 is 2.64 bits per heavy atom. The summed E-state index contributed by atoms with van der Waals surface area (Å²) in [4.78, 5) is 17.8. The molecule has 0 aliphatic heterocycles. The fourth-order valence-electron chi connectivity index (χ4n) is 2.81. The predicted octanol–water partition coefficient (Wildman–Crippen LogP) is 3.16. The zero-order chi connectivity index (χ0) is 19.5. The van der Waals surface area contributed by atoms with Crippen molar-refractivity contribution in [2.24, 2.45) is 0 Å². The number of thiazole rings is 1. The van der Waals surface area contributed by atoms with E-state index in [4.69, 9.17) is 9.47 Å². The van der Waals surface area contributed by atoms with Crippen LogP contribution in [0.3, 0.4) is 0 Å². The van der Waals surface area contributed by atoms with Crippen LogP contribution in [0.25, 0.3) is 22.4 Å². The molecule has 4 rings (SSSR count). The van der Waals surface area contributed by atoms with Gasteiger partial charge in [0.1, 0.15) is 11.5 Å². The molecule has 0 radical (unpaired) electrons. The van der Waals surface area contributed by atoms with E-state index < -0.39 is 0 Å². The van der Waals surface area contributed by atoms with Crippen LogP contribution in [0.2, 0.25) is 0 Å². The average molecular weight is 393 g/mol. The van der Waals surface area contributed by atoms with E-state index in [1.165, 1.54) is 15.9 Å². The first-order valence-electron chi connectivity index (χ1n) is 8.97. The minimum absolute atomic E-state index is 0.181. The molecule has 142 valence electrons. The molecule has 6 nitrogen and oxygen atoms in total. The molecule has 28 heavy (non-hydrogen) atoms. The average Bonchev–Trinajstić information content (AvgIpc) is 3.27. The summed E-state index contributed by atoms with van der Waals surface area (Å²) < 4.78 is 12.9. The summed E-state index contributed by atoms with van der Waals surface area (Å²) in [5, 5.41) is 4.38. The van der Waals surface area contributed by atoms with Crippen molar-refractivity contribution in [3.8, 4) is 22.9 Å². The molecule has 0 N–H and O–H groups in total.